The molecule has 2 saturated heterocycles. The Hall–Kier alpha value is -1.30. The van der Waals surface area contributed by atoms with Crippen molar-refractivity contribution >= 4 is 41.5 Å². The highest BCUT2D eigenvalue weighted by atomic mass is 35.5. The Bertz CT molecular complexity index is 635. The lowest BCUT2D eigenvalue weighted by atomic mass is 10.00. The van der Waals surface area contributed by atoms with Gasteiger partial charge in [-0.25, -0.2) is 0 Å². The van der Waals surface area contributed by atoms with Crippen LogP contribution in [0.3, 0.4) is 0 Å². The lowest BCUT2D eigenvalue weighted by molar-refractivity contribution is -0.142. The van der Waals surface area contributed by atoms with Gasteiger partial charge in [0.1, 0.15) is 5.92 Å². The number of carbonyl (C=O) groups excluding carboxylic acids is 2. The summed E-state index contributed by atoms with van der Waals surface area (Å²) in [5.74, 6) is -0.647. The first-order valence-corrected chi connectivity index (χ1v) is 9.57. The molecule has 1 aromatic carbocycles. The van der Waals surface area contributed by atoms with E-state index in [0.29, 0.717) is 18.0 Å². The zero-order valence-corrected chi connectivity index (χ0v) is 16.7. The molecule has 0 aromatic heterocycles. The van der Waals surface area contributed by atoms with Gasteiger partial charge in [-0.3, -0.25) is 9.59 Å². The largest absolute Gasteiger partial charge is 0.339 e. The summed E-state index contributed by atoms with van der Waals surface area (Å²) in [5.41, 5.74) is 0.775. The first-order valence-electron chi connectivity index (χ1n) is 9.20. The number of halogens is 2. The normalized spacial score (nSPS) is 20.8. The maximum absolute atomic E-state index is 13.1. The van der Waals surface area contributed by atoms with Gasteiger partial charge in [-0.1, -0.05) is 24.6 Å². The van der Waals surface area contributed by atoms with Crippen LogP contribution in [0.4, 0.5) is 5.69 Å². The SMILES string of the molecule is CCCN(C(=O)C1CCN(c2cccc(Cl)c2)C1=O)C1CCNCC1.Cl. The topological polar surface area (TPSA) is 52.7 Å². The van der Waals surface area contributed by atoms with Crippen LogP contribution in [0.15, 0.2) is 24.3 Å². The van der Waals surface area contributed by atoms with Crippen LogP contribution in [0.1, 0.15) is 32.6 Å². The van der Waals surface area contributed by atoms with Gasteiger partial charge < -0.3 is 15.1 Å². The molecular weight excluding hydrogens is 373 g/mol. The van der Waals surface area contributed by atoms with E-state index in [2.05, 4.69) is 12.2 Å². The van der Waals surface area contributed by atoms with Gasteiger partial charge >= 0.3 is 0 Å². The zero-order valence-electron chi connectivity index (χ0n) is 15.1. The predicted molar refractivity (Wildman–Crippen MR) is 107 cm³/mol. The summed E-state index contributed by atoms with van der Waals surface area (Å²) in [6.07, 6.45) is 3.42. The molecule has 144 valence electrons. The molecule has 1 aromatic rings. The molecular formula is C19H27Cl2N3O2. The van der Waals surface area contributed by atoms with Crippen molar-refractivity contribution in [3.8, 4) is 0 Å². The van der Waals surface area contributed by atoms with Crippen LogP contribution in [0.2, 0.25) is 5.02 Å². The fourth-order valence-corrected chi connectivity index (χ4v) is 4.03. The van der Waals surface area contributed by atoms with E-state index in [1.807, 2.05) is 17.0 Å². The molecule has 0 bridgehead atoms. The van der Waals surface area contributed by atoms with Crippen LogP contribution in [-0.2, 0) is 9.59 Å². The zero-order chi connectivity index (χ0) is 17.8. The summed E-state index contributed by atoms with van der Waals surface area (Å²) in [6, 6.07) is 7.52. The van der Waals surface area contributed by atoms with E-state index in [0.717, 1.165) is 44.6 Å². The van der Waals surface area contributed by atoms with Crippen molar-refractivity contribution in [2.24, 2.45) is 5.92 Å². The molecule has 1 atom stereocenters. The van der Waals surface area contributed by atoms with E-state index in [1.54, 1.807) is 17.0 Å². The van der Waals surface area contributed by atoms with E-state index >= 15 is 0 Å². The molecule has 1 unspecified atom stereocenters. The fourth-order valence-electron chi connectivity index (χ4n) is 3.84. The van der Waals surface area contributed by atoms with Crippen LogP contribution < -0.4 is 10.2 Å². The minimum Gasteiger partial charge on any atom is -0.339 e. The van der Waals surface area contributed by atoms with Crippen LogP contribution in [0.5, 0.6) is 0 Å². The summed E-state index contributed by atoms with van der Waals surface area (Å²) >= 11 is 6.04. The first-order chi connectivity index (χ1) is 12.1. The van der Waals surface area contributed by atoms with Crippen molar-refractivity contribution in [2.75, 3.05) is 31.1 Å². The third-order valence-corrected chi connectivity index (χ3v) is 5.36. The van der Waals surface area contributed by atoms with E-state index in [-0.39, 0.29) is 30.3 Å². The van der Waals surface area contributed by atoms with E-state index in [4.69, 9.17) is 11.6 Å². The number of carbonyl (C=O) groups is 2. The van der Waals surface area contributed by atoms with Crippen LogP contribution >= 0.6 is 24.0 Å². The Balaban J connectivity index is 0.00000243. The second kappa shape index (κ2) is 9.58. The quantitative estimate of drug-likeness (QED) is 0.773. The maximum atomic E-state index is 13.1. The molecule has 2 fully saturated rings. The number of hydrogen-bond donors (Lipinski definition) is 1. The average molecular weight is 400 g/mol. The summed E-state index contributed by atoms with van der Waals surface area (Å²) in [5, 5.41) is 3.94. The highest BCUT2D eigenvalue weighted by Gasteiger charge is 2.41. The van der Waals surface area contributed by atoms with Gasteiger partial charge in [0.25, 0.3) is 0 Å². The smallest absolute Gasteiger partial charge is 0.239 e. The molecule has 0 saturated carbocycles. The van der Waals surface area contributed by atoms with Crippen molar-refractivity contribution < 1.29 is 9.59 Å². The Morgan fingerprint density at radius 1 is 1.31 bits per heavy atom. The lowest BCUT2D eigenvalue weighted by Crippen LogP contribution is -2.49. The van der Waals surface area contributed by atoms with Crippen molar-refractivity contribution in [2.45, 2.75) is 38.6 Å². The number of benzene rings is 1. The number of hydrogen-bond acceptors (Lipinski definition) is 3. The number of nitrogens with one attached hydrogen (secondary N) is 1. The second-order valence-electron chi connectivity index (χ2n) is 6.82. The molecule has 2 aliphatic heterocycles. The number of anilines is 1. The van der Waals surface area contributed by atoms with Gasteiger partial charge in [0, 0.05) is 29.8 Å². The molecule has 0 spiro atoms. The monoisotopic (exact) mass is 399 g/mol. The van der Waals surface area contributed by atoms with E-state index in [9.17, 15) is 9.59 Å². The molecule has 2 aliphatic rings. The number of rotatable bonds is 5. The number of amides is 2. The lowest BCUT2D eigenvalue weighted by Gasteiger charge is -2.35. The molecule has 26 heavy (non-hydrogen) atoms. The summed E-state index contributed by atoms with van der Waals surface area (Å²) in [7, 11) is 0. The van der Waals surface area contributed by atoms with E-state index < -0.39 is 5.92 Å². The molecule has 1 N–H and O–H groups in total. The van der Waals surface area contributed by atoms with Gasteiger partial charge in [0.05, 0.1) is 0 Å². The molecule has 3 rings (SSSR count). The minimum atomic E-state index is -0.555. The predicted octanol–water partition coefficient (Wildman–Crippen LogP) is 3.11. The fraction of sp³-hybridized carbons (Fsp3) is 0.579. The first kappa shape index (κ1) is 21.0. The van der Waals surface area contributed by atoms with Crippen LogP contribution in [0, 0.1) is 5.92 Å². The second-order valence-corrected chi connectivity index (χ2v) is 7.26. The molecule has 0 aliphatic carbocycles. The van der Waals surface area contributed by atoms with Crippen LogP contribution in [-0.4, -0.2) is 48.9 Å². The highest BCUT2D eigenvalue weighted by Crippen LogP contribution is 2.29. The third-order valence-electron chi connectivity index (χ3n) is 5.12. The Morgan fingerprint density at radius 2 is 2.04 bits per heavy atom. The van der Waals surface area contributed by atoms with Crippen molar-refractivity contribution in [1.29, 1.82) is 0 Å². The van der Waals surface area contributed by atoms with Gasteiger partial charge in [0.2, 0.25) is 11.8 Å². The van der Waals surface area contributed by atoms with E-state index in [1.165, 1.54) is 0 Å². The highest BCUT2D eigenvalue weighted by molar-refractivity contribution is 6.31. The molecule has 5 nitrogen and oxygen atoms in total. The number of piperidine rings is 1. The van der Waals surface area contributed by atoms with Gasteiger partial charge in [-0.15, -0.1) is 12.4 Å². The van der Waals surface area contributed by atoms with Gasteiger partial charge in [-0.2, -0.15) is 0 Å². The summed E-state index contributed by atoms with van der Waals surface area (Å²) in [6.45, 7) is 5.25. The Labute approximate surface area is 166 Å². The standard InChI is InChI=1S/C19H26ClN3O2.ClH/c1-2-11-22(15-6-9-21-10-7-15)18(24)17-8-12-23(19(17)25)16-5-3-4-14(20)13-16;/h3-5,13,15,17,21H,2,6-12H2,1H3;1H. The Kier molecular flexibility index (Phi) is 7.74. The summed E-state index contributed by atoms with van der Waals surface area (Å²) < 4.78 is 0. The van der Waals surface area contributed by atoms with Crippen molar-refractivity contribution in [3.05, 3.63) is 29.3 Å². The molecule has 2 heterocycles. The number of nitrogens with zero attached hydrogens (tertiary/aromatic N) is 2. The molecule has 0 radical (unpaired) electrons. The van der Waals surface area contributed by atoms with Crippen LogP contribution in [0.25, 0.3) is 0 Å². The molecule has 2 amide bonds. The maximum Gasteiger partial charge on any atom is 0.239 e. The van der Waals surface area contributed by atoms with Crippen molar-refractivity contribution in [3.63, 3.8) is 0 Å². The molecule has 7 heteroatoms. The minimum absolute atomic E-state index is 0. The van der Waals surface area contributed by atoms with Crippen molar-refractivity contribution in [1.82, 2.24) is 10.2 Å². The van der Waals surface area contributed by atoms with Gasteiger partial charge in [-0.05, 0) is 57.0 Å². The van der Waals surface area contributed by atoms with Gasteiger partial charge in [0.15, 0.2) is 0 Å². The average Bonchev–Trinajstić information content (AvgIpc) is 3.01. The third kappa shape index (κ3) is 4.51. The summed E-state index contributed by atoms with van der Waals surface area (Å²) in [4.78, 5) is 29.7. The Morgan fingerprint density at radius 3 is 2.69 bits per heavy atom.